The van der Waals surface area contributed by atoms with Crippen LogP contribution >= 0.6 is 0 Å². The van der Waals surface area contributed by atoms with E-state index in [1.54, 1.807) is 17.3 Å². The van der Waals surface area contributed by atoms with E-state index in [4.69, 9.17) is 5.73 Å². The maximum atomic E-state index is 12.4. The Morgan fingerprint density at radius 1 is 1.30 bits per heavy atom. The summed E-state index contributed by atoms with van der Waals surface area (Å²) in [5, 5.41) is 0. The highest BCUT2D eigenvalue weighted by Gasteiger charge is 2.19. The second-order valence-corrected chi connectivity index (χ2v) is 4.94. The third kappa shape index (κ3) is 3.35. The van der Waals surface area contributed by atoms with E-state index in [1.807, 2.05) is 50.4 Å². The van der Waals surface area contributed by atoms with E-state index in [-0.39, 0.29) is 11.8 Å². The van der Waals surface area contributed by atoms with Gasteiger partial charge in [-0.2, -0.15) is 0 Å². The smallest absolute Gasteiger partial charge is 0.229 e. The third-order valence-electron chi connectivity index (χ3n) is 3.33. The zero-order valence-corrected chi connectivity index (χ0v) is 11.8. The van der Waals surface area contributed by atoms with E-state index in [1.165, 1.54) is 0 Å². The van der Waals surface area contributed by atoms with Crippen LogP contribution in [0, 0.1) is 0 Å². The average molecular weight is 269 g/mol. The van der Waals surface area contributed by atoms with E-state index in [2.05, 4.69) is 4.98 Å². The van der Waals surface area contributed by atoms with Crippen molar-refractivity contribution in [3.05, 3.63) is 59.9 Å². The van der Waals surface area contributed by atoms with Crippen LogP contribution < -0.4 is 5.73 Å². The van der Waals surface area contributed by atoms with Crippen LogP contribution in [0.2, 0.25) is 0 Å². The van der Waals surface area contributed by atoms with Crippen molar-refractivity contribution in [2.24, 2.45) is 0 Å². The number of carbonyl (C=O) groups excluding carboxylic acids is 1. The third-order valence-corrected chi connectivity index (χ3v) is 3.33. The number of carbonyl (C=O) groups is 1. The lowest BCUT2D eigenvalue weighted by molar-refractivity contribution is -0.131. The normalized spacial score (nSPS) is 11.9. The van der Waals surface area contributed by atoms with E-state index in [0.717, 1.165) is 11.1 Å². The van der Waals surface area contributed by atoms with Crippen LogP contribution in [0.4, 0.5) is 5.69 Å². The van der Waals surface area contributed by atoms with Crippen molar-refractivity contribution >= 4 is 11.6 Å². The molecular weight excluding hydrogens is 250 g/mol. The van der Waals surface area contributed by atoms with Crippen LogP contribution in [0.5, 0.6) is 0 Å². The summed E-state index contributed by atoms with van der Waals surface area (Å²) in [7, 11) is 1.81. The number of rotatable bonds is 4. The largest absolute Gasteiger partial charge is 0.399 e. The summed E-state index contributed by atoms with van der Waals surface area (Å²) in [6.45, 7) is 2.48. The van der Waals surface area contributed by atoms with Crippen molar-refractivity contribution in [3.8, 4) is 0 Å². The van der Waals surface area contributed by atoms with Crippen molar-refractivity contribution in [3.63, 3.8) is 0 Å². The monoisotopic (exact) mass is 269 g/mol. The van der Waals surface area contributed by atoms with Crippen molar-refractivity contribution in [1.29, 1.82) is 0 Å². The van der Waals surface area contributed by atoms with Gasteiger partial charge >= 0.3 is 0 Å². The number of benzene rings is 1. The summed E-state index contributed by atoms with van der Waals surface area (Å²) in [6.07, 6.45) is 3.46. The number of aromatic nitrogens is 1. The Morgan fingerprint density at radius 3 is 2.65 bits per heavy atom. The highest BCUT2D eigenvalue weighted by molar-refractivity contribution is 5.83. The van der Waals surface area contributed by atoms with E-state index >= 15 is 0 Å². The molecular formula is C16H19N3O. The summed E-state index contributed by atoms with van der Waals surface area (Å²) in [5.74, 6) is -0.127. The fourth-order valence-electron chi connectivity index (χ4n) is 2.14. The summed E-state index contributed by atoms with van der Waals surface area (Å²) < 4.78 is 0. The molecule has 0 radical (unpaired) electrons. The van der Waals surface area contributed by atoms with Gasteiger partial charge in [-0.15, -0.1) is 0 Å². The lowest BCUT2D eigenvalue weighted by Gasteiger charge is -2.22. The van der Waals surface area contributed by atoms with Crippen LogP contribution in [0.25, 0.3) is 0 Å². The Bertz CT molecular complexity index is 583. The molecule has 4 heteroatoms. The second-order valence-electron chi connectivity index (χ2n) is 4.94. The molecule has 20 heavy (non-hydrogen) atoms. The van der Waals surface area contributed by atoms with Crippen LogP contribution in [0.3, 0.4) is 0 Å². The summed E-state index contributed by atoms with van der Waals surface area (Å²) >= 11 is 0. The molecule has 2 rings (SSSR count). The van der Waals surface area contributed by atoms with Crippen molar-refractivity contribution < 1.29 is 4.79 Å². The molecule has 0 aliphatic carbocycles. The number of hydrogen-bond donors (Lipinski definition) is 1. The molecule has 2 N–H and O–H groups in total. The van der Waals surface area contributed by atoms with Crippen molar-refractivity contribution in [2.45, 2.75) is 19.4 Å². The number of nitrogens with zero attached hydrogens (tertiary/aromatic N) is 2. The summed E-state index contributed by atoms with van der Waals surface area (Å²) in [6, 6.07) is 11.3. The second kappa shape index (κ2) is 6.19. The topological polar surface area (TPSA) is 59.2 Å². The fourth-order valence-corrected chi connectivity index (χ4v) is 2.14. The van der Waals surface area contributed by atoms with Gasteiger partial charge in [-0.25, -0.2) is 0 Å². The van der Waals surface area contributed by atoms with Gasteiger partial charge in [0.05, 0.1) is 5.92 Å². The molecule has 0 fully saturated rings. The predicted octanol–water partition coefficient (Wildman–Crippen LogP) is 2.43. The molecule has 2 aromatic rings. The van der Waals surface area contributed by atoms with Gasteiger partial charge in [0.25, 0.3) is 0 Å². The molecule has 0 aliphatic heterocycles. The van der Waals surface area contributed by atoms with Gasteiger partial charge in [0, 0.05) is 31.7 Å². The first-order chi connectivity index (χ1) is 9.58. The minimum absolute atomic E-state index is 0.0763. The molecule has 0 aliphatic rings. The van der Waals surface area contributed by atoms with E-state index in [9.17, 15) is 4.79 Å². The molecule has 1 heterocycles. The number of likely N-dealkylation sites (N-methyl/N-ethyl adjacent to an activating group) is 1. The molecule has 104 valence electrons. The number of amides is 1. The number of nitrogens with two attached hydrogens (primary N) is 1. The van der Waals surface area contributed by atoms with E-state index in [0.29, 0.717) is 12.2 Å². The van der Waals surface area contributed by atoms with Gasteiger partial charge in [0.15, 0.2) is 0 Å². The van der Waals surface area contributed by atoms with Crippen LogP contribution in [-0.4, -0.2) is 22.8 Å². The van der Waals surface area contributed by atoms with Crippen molar-refractivity contribution in [1.82, 2.24) is 9.88 Å². The van der Waals surface area contributed by atoms with Gasteiger partial charge in [-0.3, -0.25) is 9.78 Å². The lowest BCUT2D eigenvalue weighted by Crippen LogP contribution is -2.30. The average Bonchev–Trinajstić information content (AvgIpc) is 2.46. The lowest BCUT2D eigenvalue weighted by atomic mass is 9.99. The van der Waals surface area contributed by atoms with Gasteiger partial charge in [-0.1, -0.05) is 12.1 Å². The number of pyridine rings is 1. The molecule has 1 aromatic carbocycles. The predicted molar refractivity (Wildman–Crippen MR) is 80.0 cm³/mol. The Hall–Kier alpha value is -2.36. The number of anilines is 1. The maximum Gasteiger partial charge on any atom is 0.229 e. The SMILES string of the molecule is CC(C(=O)N(C)Cc1ccncc1)c1cccc(N)c1. The molecule has 1 amide bonds. The Kier molecular flexibility index (Phi) is 4.35. The maximum absolute atomic E-state index is 12.4. The van der Waals surface area contributed by atoms with Crippen LogP contribution in [0.1, 0.15) is 24.0 Å². The quantitative estimate of drug-likeness (QED) is 0.867. The molecule has 0 saturated heterocycles. The van der Waals surface area contributed by atoms with Gasteiger partial charge in [0.2, 0.25) is 5.91 Å². The molecule has 1 aromatic heterocycles. The fraction of sp³-hybridized carbons (Fsp3) is 0.250. The minimum atomic E-state index is -0.203. The van der Waals surface area contributed by atoms with Gasteiger partial charge in [0.1, 0.15) is 0 Å². The first kappa shape index (κ1) is 14.1. The van der Waals surface area contributed by atoms with E-state index < -0.39 is 0 Å². The Labute approximate surface area is 119 Å². The number of nitrogen functional groups attached to an aromatic ring is 1. The molecule has 4 nitrogen and oxygen atoms in total. The summed E-state index contributed by atoms with van der Waals surface area (Å²) in [5.41, 5.74) is 8.45. The molecule has 1 unspecified atom stereocenters. The Balaban J connectivity index is 2.06. The zero-order chi connectivity index (χ0) is 14.5. The highest BCUT2D eigenvalue weighted by Crippen LogP contribution is 2.20. The van der Waals surface area contributed by atoms with Crippen LogP contribution in [0.15, 0.2) is 48.8 Å². The number of hydrogen-bond acceptors (Lipinski definition) is 3. The minimum Gasteiger partial charge on any atom is -0.399 e. The molecule has 0 spiro atoms. The molecule has 1 atom stereocenters. The standard InChI is InChI=1S/C16H19N3O/c1-12(14-4-3-5-15(17)10-14)16(20)19(2)11-13-6-8-18-9-7-13/h3-10,12H,11,17H2,1-2H3. The molecule has 0 bridgehead atoms. The Morgan fingerprint density at radius 2 is 2.00 bits per heavy atom. The summed E-state index contributed by atoms with van der Waals surface area (Å²) in [4.78, 5) is 18.1. The van der Waals surface area contributed by atoms with Crippen LogP contribution in [-0.2, 0) is 11.3 Å². The highest BCUT2D eigenvalue weighted by atomic mass is 16.2. The first-order valence-electron chi connectivity index (χ1n) is 6.57. The first-order valence-corrected chi connectivity index (χ1v) is 6.57. The molecule has 0 saturated carbocycles. The van der Waals surface area contributed by atoms with Crippen molar-refractivity contribution in [2.75, 3.05) is 12.8 Å². The van der Waals surface area contributed by atoms with Gasteiger partial charge in [-0.05, 0) is 42.3 Å². The van der Waals surface area contributed by atoms with Gasteiger partial charge < -0.3 is 10.6 Å². The zero-order valence-electron chi connectivity index (χ0n) is 11.8.